The third-order valence-corrected chi connectivity index (χ3v) is 2.78. The van der Waals surface area contributed by atoms with Gasteiger partial charge in [0.1, 0.15) is 5.82 Å². The summed E-state index contributed by atoms with van der Waals surface area (Å²) in [6.45, 7) is 0. The average Bonchev–Trinajstić information content (AvgIpc) is 2.38. The Kier molecular flexibility index (Phi) is 3.49. The Hall–Kier alpha value is -1.75. The monoisotopic (exact) mass is 291 g/mol. The van der Waals surface area contributed by atoms with Crippen LogP contribution in [0.4, 0.5) is 5.82 Å². The van der Waals surface area contributed by atoms with Crippen LogP contribution in [0.2, 0.25) is 0 Å². The molecule has 0 radical (unpaired) electrons. The Morgan fingerprint density at radius 1 is 1.24 bits per heavy atom. The molecular formula is C12H10BrN3O. The number of hydrogen-bond acceptors (Lipinski definition) is 3. The molecule has 0 saturated carbocycles. The van der Waals surface area contributed by atoms with Crippen LogP contribution in [0.5, 0.6) is 0 Å². The van der Waals surface area contributed by atoms with Crippen LogP contribution in [0.15, 0.2) is 47.3 Å². The first-order chi connectivity index (χ1) is 8.18. The van der Waals surface area contributed by atoms with Gasteiger partial charge in [-0.2, -0.15) is 0 Å². The van der Waals surface area contributed by atoms with E-state index in [0.717, 1.165) is 4.47 Å². The highest BCUT2D eigenvalue weighted by Crippen LogP contribution is 2.17. The van der Waals surface area contributed by atoms with Gasteiger partial charge < -0.3 is 0 Å². The summed E-state index contributed by atoms with van der Waals surface area (Å²) < 4.78 is 0.886. The number of carbonyl (C=O) groups is 1. The molecule has 0 bridgehead atoms. The highest BCUT2D eigenvalue weighted by molar-refractivity contribution is 9.10. The molecule has 5 heteroatoms. The number of halogens is 1. The first-order valence-corrected chi connectivity index (χ1v) is 5.77. The molecule has 1 amide bonds. The number of aromatic nitrogens is 2. The molecule has 86 valence electrons. The summed E-state index contributed by atoms with van der Waals surface area (Å²) in [5, 5.41) is 0. The van der Waals surface area contributed by atoms with Crippen molar-refractivity contribution in [2.45, 2.75) is 0 Å². The Morgan fingerprint density at radius 2 is 1.94 bits per heavy atom. The molecule has 2 rings (SSSR count). The van der Waals surface area contributed by atoms with Gasteiger partial charge in [-0.15, -0.1) is 0 Å². The van der Waals surface area contributed by atoms with E-state index in [0.29, 0.717) is 11.4 Å². The highest BCUT2D eigenvalue weighted by atomic mass is 79.9. The summed E-state index contributed by atoms with van der Waals surface area (Å²) in [5.74, 6) is 0.485. The van der Waals surface area contributed by atoms with Crippen molar-refractivity contribution >= 4 is 27.7 Å². The van der Waals surface area contributed by atoms with Crippen molar-refractivity contribution in [3.05, 3.63) is 52.9 Å². The molecule has 0 N–H and O–H groups in total. The summed E-state index contributed by atoms with van der Waals surface area (Å²) in [6, 6.07) is 6.96. The second kappa shape index (κ2) is 5.05. The standard InChI is InChI=1S/C12H10BrN3O/c1-16(11-8-10(13)4-7-15-11)12(17)9-2-5-14-6-3-9/h2-8H,1H3. The van der Waals surface area contributed by atoms with Gasteiger partial charge in [0.15, 0.2) is 0 Å². The molecule has 0 spiro atoms. The van der Waals surface area contributed by atoms with Gasteiger partial charge in [0.05, 0.1) is 0 Å². The van der Waals surface area contributed by atoms with Crippen LogP contribution in [-0.2, 0) is 0 Å². The minimum Gasteiger partial charge on any atom is -0.296 e. The second-order valence-electron chi connectivity index (χ2n) is 3.43. The lowest BCUT2D eigenvalue weighted by molar-refractivity contribution is 0.0992. The molecule has 2 heterocycles. The summed E-state index contributed by atoms with van der Waals surface area (Å²) in [5.41, 5.74) is 0.587. The van der Waals surface area contributed by atoms with Gasteiger partial charge in [-0.1, -0.05) is 15.9 Å². The van der Waals surface area contributed by atoms with Gasteiger partial charge in [-0.3, -0.25) is 14.7 Å². The topological polar surface area (TPSA) is 46.1 Å². The van der Waals surface area contributed by atoms with Crippen LogP contribution in [0.1, 0.15) is 10.4 Å². The lowest BCUT2D eigenvalue weighted by Gasteiger charge is -2.16. The third kappa shape index (κ3) is 2.68. The van der Waals surface area contributed by atoms with Gasteiger partial charge in [0, 0.05) is 35.7 Å². The molecule has 0 aliphatic heterocycles. The number of amides is 1. The fraction of sp³-hybridized carbons (Fsp3) is 0.0833. The minimum absolute atomic E-state index is 0.113. The van der Waals surface area contributed by atoms with E-state index >= 15 is 0 Å². The number of carbonyl (C=O) groups excluding carboxylic acids is 1. The smallest absolute Gasteiger partial charge is 0.259 e. The molecule has 0 fully saturated rings. The highest BCUT2D eigenvalue weighted by Gasteiger charge is 2.14. The summed E-state index contributed by atoms with van der Waals surface area (Å²) in [7, 11) is 1.69. The Bertz CT molecular complexity index is 530. The molecule has 4 nitrogen and oxygen atoms in total. The zero-order valence-electron chi connectivity index (χ0n) is 9.17. The number of hydrogen-bond donors (Lipinski definition) is 0. The molecular weight excluding hydrogens is 282 g/mol. The predicted molar refractivity (Wildman–Crippen MR) is 68.9 cm³/mol. The van der Waals surface area contributed by atoms with Crippen molar-refractivity contribution in [1.82, 2.24) is 9.97 Å². The van der Waals surface area contributed by atoms with Gasteiger partial charge in [-0.25, -0.2) is 4.98 Å². The molecule has 2 aromatic heterocycles. The molecule has 0 atom stereocenters. The minimum atomic E-state index is -0.113. The fourth-order valence-electron chi connectivity index (χ4n) is 1.37. The summed E-state index contributed by atoms with van der Waals surface area (Å²) >= 11 is 3.35. The van der Waals surface area contributed by atoms with Crippen LogP contribution in [0, 0.1) is 0 Å². The summed E-state index contributed by atoms with van der Waals surface area (Å²) in [6.07, 6.45) is 4.83. The lowest BCUT2D eigenvalue weighted by atomic mass is 10.2. The molecule has 17 heavy (non-hydrogen) atoms. The van der Waals surface area contributed by atoms with E-state index < -0.39 is 0 Å². The van der Waals surface area contributed by atoms with Crippen LogP contribution in [0.3, 0.4) is 0 Å². The maximum atomic E-state index is 12.1. The molecule has 0 aliphatic carbocycles. The third-order valence-electron chi connectivity index (χ3n) is 2.28. The van der Waals surface area contributed by atoms with E-state index in [9.17, 15) is 4.79 Å². The Labute approximate surface area is 107 Å². The maximum Gasteiger partial charge on any atom is 0.259 e. The first kappa shape index (κ1) is 11.7. The molecule has 0 saturated heterocycles. The van der Waals surface area contributed by atoms with Crippen LogP contribution in [0.25, 0.3) is 0 Å². The van der Waals surface area contributed by atoms with E-state index in [4.69, 9.17) is 0 Å². The molecule has 0 aromatic carbocycles. The van der Waals surface area contributed by atoms with Crippen molar-refractivity contribution in [2.75, 3.05) is 11.9 Å². The van der Waals surface area contributed by atoms with Gasteiger partial charge >= 0.3 is 0 Å². The van der Waals surface area contributed by atoms with Gasteiger partial charge in [0.2, 0.25) is 0 Å². The first-order valence-electron chi connectivity index (χ1n) is 4.98. The van der Waals surface area contributed by atoms with Gasteiger partial charge in [-0.05, 0) is 24.3 Å². The average molecular weight is 292 g/mol. The van der Waals surface area contributed by atoms with Crippen molar-refractivity contribution in [3.63, 3.8) is 0 Å². The zero-order chi connectivity index (χ0) is 12.3. The SMILES string of the molecule is CN(C(=O)c1ccncc1)c1cc(Br)ccn1. The number of rotatable bonds is 2. The van der Waals surface area contributed by atoms with E-state index in [-0.39, 0.29) is 5.91 Å². The fourth-order valence-corrected chi connectivity index (χ4v) is 1.69. The van der Waals surface area contributed by atoms with E-state index in [1.807, 2.05) is 6.07 Å². The summed E-state index contributed by atoms with van der Waals surface area (Å²) in [4.78, 5) is 21.6. The van der Waals surface area contributed by atoms with Gasteiger partial charge in [0.25, 0.3) is 5.91 Å². The Balaban J connectivity index is 2.27. The quantitative estimate of drug-likeness (QED) is 0.854. The number of anilines is 1. The second-order valence-corrected chi connectivity index (χ2v) is 4.35. The zero-order valence-corrected chi connectivity index (χ0v) is 10.8. The van der Waals surface area contributed by atoms with Crippen molar-refractivity contribution < 1.29 is 4.79 Å². The predicted octanol–water partition coefficient (Wildman–Crippen LogP) is 2.52. The largest absolute Gasteiger partial charge is 0.296 e. The van der Waals surface area contributed by atoms with Crippen molar-refractivity contribution in [3.8, 4) is 0 Å². The van der Waals surface area contributed by atoms with Crippen LogP contribution >= 0.6 is 15.9 Å². The molecule has 0 unspecified atom stereocenters. The van der Waals surface area contributed by atoms with E-state index in [2.05, 4.69) is 25.9 Å². The lowest BCUT2D eigenvalue weighted by Crippen LogP contribution is -2.26. The number of pyridine rings is 2. The van der Waals surface area contributed by atoms with Crippen LogP contribution in [-0.4, -0.2) is 22.9 Å². The number of nitrogens with zero attached hydrogens (tertiary/aromatic N) is 3. The van der Waals surface area contributed by atoms with Crippen LogP contribution < -0.4 is 4.90 Å². The van der Waals surface area contributed by atoms with Crippen molar-refractivity contribution in [1.29, 1.82) is 0 Å². The Morgan fingerprint density at radius 3 is 2.59 bits per heavy atom. The maximum absolute atomic E-state index is 12.1. The van der Waals surface area contributed by atoms with Crippen molar-refractivity contribution in [2.24, 2.45) is 0 Å². The normalized spacial score (nSPS) is 10.0. The van der Waals surface area contributed by atoms with E-state index in [1.165, 1.54) is 4.90 Å². The molecule has 2 aromatic rings. The molecule has 0 aliphatic rings. The van der Waals surface area contributed by atoms with E-state index in [1.54, 1.807) is 43.8 Å².